The van der Waals surface area contributed by atoms with Gasteiger partial charge in [0.05, 0.1) is 19.8 Å². The largest absolute Gasteiger partial charge is 0.494 e. The molecule has 0 saturated carbocycles. The molecule has 0 aliphatic carbocycles. The van der Waals surface area contributed by atoms with E-state index < -0.39 is 0 Å². The molecular formula is C14H22FNO2. The summed E-state index contributed by atoms with van der Waals surface area (Å²) in [5, 5.41) is 3.29. The summed E-state index contributed by atoms with van der Waals surface area (Å²) in [6, 6.07) is 5.05. The Morgan fingerprint density at radius 2 is 2.11 bits per heavy atom. The van der Waals surface area contributed by atoms with E-state index in [-0.39, 0.29) is 17.6 Å². The normalized spacial score (nSPS) is 12.4. The first kappa shape index (κ1) is 14.9. The van der Waals surface area contributed by atoms with E-state index in [1.807, 2.05) is 6.92 Å². The van der Waals surface area contributed by atoms with Gasteiger partial charge in [-0.3, -0.25) is 0 Å². The average molecular weight is 255 g/mol. The van der Waals surface area contributed by atoms with Gasteiger partial charge in [-0.25, -0.2) is 4.39 Å². The fraction of sp³-hybridized carbons (Fsp3) is 0.571. The molecule has 0 fully saturated rings. The van der Waals surface area contributed by atoms with Gasteiger partial charge in [-0.2, -0.15) is 0 Å². The van der Waals surface area contributed by atoms with Crippen LogP contribution in [0.2, 0.25) is 0 Å². The van der Waals surface area contributed by atoms with Crippen molar-refractivity contribution in [2.45, 2.75) is 26.3 Å². The van der Waals surface area contributed by atoms with Gasteiger partial charge < -0.3 is 14.8 Å². The van der Waals surface area contributed by atoms with E-state index in [2.05, 4.69) is 12.2 Å². The lowest BCUT2D eigenvalue weighted by molar-refractivity contribution is 0.121. The van der Waals surface area contributed by atoms with E-state index in [0.29, 0.717) is 18.8 Å². The summed E-state index contributed by atoms with van der Waals surface area (Å²) < 4.78 is 24.6. The average Bonchev–Trinajstić information content (AvgIpc) is 2.40. The summed E-state index contributed by atoms with van der Waals surface area (Å²) in [7, 11) is 1.47. The van der Waals surface area contributed by atoms with Crippen molar-refractivity contribution in [2.75, 3.05) is 26.9 Å². The molecule has 18 heavy (non-hydrogen) atoms. The molecule has 0 aliphatic heterocycles. The van der Waals surface area contributed by atoms with Crippen molar-refractivity contribution in [2.24, 2.45) is 0 Å². The monoisotopic (exact) mass is 255 g/mol. The number of nitrogens with one attached hydrogen (secondary N) is 1. The van der Waals surface area contributed by atoms with Crippen LogP contribution < -0.4 is 10.1 Å². The smallest absolute Gasteiger partial charge is 0.169 e. The van der Waals surface area contributed by atoms with Gasteiger partial charge in [-0.1, -0.05) is 19.1 Å². The van der Waals surface area contributed by atoms with Crippen molar-refractivity contribution in [3.8, 4) is 5.75 Å². The molecule has 0 saturated heterocycles. The maximum Gasteiger partial charge on any atom is 0.169 e. The van der Waals surface area contributed by atoms with E-state index in [4.69, 9.17) is 9.47 Å². The number of rotatable bonds is 8. The van der Waals surface area contributed by atoms with Gasteiger partial charge in [0, 0.05) is 12.2 Å². The molecular weight excluding hydrogens is 233 g/mol. The second kappa shape index (κ2) is 8.06. The second-order valence-corrected chi connectivity index (χ2v) is 4.03. The molecule has 1 unspecified atom stereocenters. The highest BCUT2D eigenvalue weighted by Crippen LogP contribution is 2.25. The molecule has 1 N–H and O–H groups in total. The zero-order valence-corrected chi connectivity index (χ0v) is 11.3. The molecule has 1 rings (SSSR count). The molecule has 102 valence electrons. The zero-order chi connectivity index (χ0) is 13.4. The lowest BCUT2D eigenvalue weighted by Gasteiger charge is -2.20. The Morgan fingerprint density at radius 1 is 1.33 bits per heavy atom. The van der Waals surface area contributed by atoms with Crippen molar-refractivity contribution < 1.29 is 13.9 Å². The summed E-state index contributed by atoms with van der Waals surface area (Å²) in [4.78, 5) is 0. The van der Waals surface area contributed by atoms with Crippen LogP contribution in [0.1, 0.15) is 31.9 Å². The highest BCUT2D eigenvalue weighted by molar-refractivity contribution is 5.33. The molecule has 1 aromatic rings. The molecule has 0 aromatic heterocycles. The van der Waals surface area contributed by atoms with E-state index in [9.17, 15) is 4.39 Å². The van der Waals surface area contributed by atoms with E-state index in [0.717, 1.165) is 13.0 Å². The molecule has 4 heteroatoms. The number of ether oxygens (including phenoxy) is 2. The van der Waals surface area contributed by atoms with Crippen molar-refractivity contribution >= 4 is 0 Å². The summed E-state index contributed by atoms with van der Waals surface area (Å²) in [6.07, 6.45) is 0.994. The summed E-state index contributed by atoms with van der Waals surface area (Å²) in [5.74, 6) is -0.0411. The minimum absolute atomic E-state index is 0.139. The quantitative estimate of drug-likeness (QED) is 0.774. The Morgan fingerprint density at radius 3 is 2.72 bits per heavy atom. The molecule has 0 radical (unpaired) electrons. The summed E-state index contributed by atoms with van der Waals surface area (Å²) >= 11 is 0. The molecule has 0 spiro atoms. The van der Waals surface area contributed by atoms with Crippen LogP contribution in [-0.4, -0.2) is 26.9 Å². The molecule has 1 aromatic carbocycles. The van der Waals surface area contributed by atoms with E-state index in [1.165, 1.54) is 7.11 Å². The Hall–Kier alpha value is -1.13. The topological polar surface area (TPSA) is 30.5 Å². The lowest BCUT2D eigenvalue weighted by atomic mass is 10.1. The van der Waals surface area contributed by atoms with Crippen LogP contribution in [0, 0.1) is 5.82 Å². The number of benzene rings is 1. The van der Waals surface area contributed by atoms with Crippen molar-refractivity contribution in [1.82, 2.24) is 5.32 Å². The zero-order valence-electron chi connectivity index (χ0n) is 11.3. The van der Waals surface area contributed by atoms with Gasteiger partial charge in [-0.05, 0) is 26.0 Å². The van der Waals surface area contributed by atoms with Gasteiger partial charge in [0.1, 0.15) is 0 Å². The highest BCUT2D eigenvalue weighted by atomic mass is 19.1. The first-order chi connectivity index (χ1) is 8.74. The van der Waals surface area contributed by atoms with E-state index >= 15 is 0 Å². The Kier molecular flexibility index (Phi) is 6.68. The van der Waals surface area contributed by atoms with Gasteiger partial charge in [0.25, 0.3) is 0 Å². The first-order valence-electron chi connectivity index (χ1n) is 6.38. The Labute approximate surface area is 108 Å². The first-order valence-corrected chi connectivity index (χ1v) is 6.38. The Bertz CT molecular complexity index is 350. The van der Waals surface area contributed by atoms with Crippen LogP contribution in [0.5, 0.6) is 5.75 Å². The number of methoxy groups -OCH3 is 1. The minimum atomic E-state index is -0.312. The van der Waals surface area contributed by atoms with Crippen LogP contribution >= 0.6 is 0 Å². The standard InChI is InChI=1S/C14H22FNO2/c1-4-9-16-12(10-18-5-2)11-7-6-8-13(17-3)14(11)15/h6-8,12,16H,4-5,9-10H2,1-3H3. The number of hydrogen-bond acceptors (Lipinski definition) is 3. The van der Waals surface area contributed by atoms with Crippen LogP contribution in [0.25, 0.3) is 0 Å². The van der Waals surface area contributed by atoms with Crippen LogP contribution in [-0.2, 0) is 4.74 Å². The van der Waals surface area contributed by atoms with Gasteiger partial charge in [-0.15, -0.1) is 0 Å². The maximum atomic E-state index is 14.2. The number of hydrogen-bond donors (Lipinski definition) is 1. The third-order valence-corrected chi connectivity index (χ3v) is 2.72. The predicted molar refractivity (Wildman–Crippen MR) is 70.5 cm³/mol. The summed E-state index contributed by atoms with van der Waals surface area (Å²) in [5.41, 5.74) is 0.594. The SMILES string of the molecule is CCCNC(COCC)c1cccc(OC)c1F. The minimum Gasteiger partial charge on any atom is -0.494 e. The lowest BCUT2D eigenvalue weighted by Crippen LogP contribution is -2.27. The molecule has 0 amide bonds. The maximum absolute atomic E-state index is 14.2. The van der Waals surface area contributed by atoms with Gasteiger partial charge in [0.2, 0.25) is 0 Å². The molecule has 0 heterocycles. The highest BCUT2D eigenvalue weighted by Gasteiger charge is 2.17. The van der Waals surface area contributed by atoms with Crippen molar-refractivity contribution in [3.63, 3.8) is 0 Å². The fourth-order valence-corrected chi connectivity index (χ4v) is 1.77. The molecule has 3 nitrogen and oxygen atoms in total. The predicted octanol–water partition coefficient (Wildman–Crippen LogP) is 2.91. The van der Waals surface area contributed by atoms with Crippen LogP contribution in [0.4, 0.5) is 4.39 Å². The van der Waals surface area contributed by atoms with Crippen LogP contribution in [0.3, 0.4) is 0 Å². The van der Waals surface area contributed by atoms with Crippen LogP contribution in [0.15, 0.2) is 18.2 Å². The molecule has 0 bridgehead atoms. The van der Waals surface area contributed by atoms with Gasteiger partial charge in [0.15, 0.2) is 11.6 Å². The molecule has 0 aliphatic rings. The number of halogens is 1. The van der Waals surface area contributed by atoms with E-state index in [1.54, 1.807) is 18.2 Å². The molecule has 1 atom stereocenters. The second-order valence-electron chi connectivity index (χ2n) is 4.03. The van der Waals surface area contributed by atoms with Crippen molar-refractivity contribution in [1.29, 1.82) is 0 Å². The Balaban J connectivity index is 2.88. The third kappa shape index (κ3) is 3.96. The summed E-state index contributed by atoms with van der Waals surface area (Å²) in [6.45, 7) is 5.91. The fourth-order valence-electron chi connectivity index (χ4n) is 1.77. The van der Waals surface area contributed by atoms with Gasteiger partial charge >= 0.3 is 0 Å². The van der Waals surface area contributed by atoms with Crippen molar-refractivity contribution in [3.05, 3.63) is 29.6 Å². The third-order valence-electron chi connectivity index (χ3n) is 2.72.